The van der Waals surface area contributed by atoms with Crippen molar-refractivity contribution in [1.29, 1.82) is 0 Å². The van der Waals surface area contributed by atoms with E-state index in [4.69, 9.17) is 9.47 Å². The number of fused-ring (bicyclic) bond motifs is 1. The molecule has 0 fully saturated rings. The van der Waals surface area contributed by atoms with Crippen molar-refractivity contribution in [2.24, 2.45) is 0 Å². The Morgan fingerprint density at radius 1 is 1.03 bits per heavy atom. The van der Waals surface area contributed by atoms with E-state index < -0.39 is 5.54 Å². The van der Waals surface area contributed by atoms with Gasteiger partial charge < -0.3 is 19.7 Å². The van der Waals surface area contributed by atoms with E-state index in [0.717, 1.165) is 10.5 Å². The van der Waals surface area contributed by atoms with Crippen LogP contribution in [0.25, 0.3) is 0 Å². The van der Waals surface area contributed by atoms with Gasteiger partial charge in [-0.2, -0.15) is 0 Å². The molecule has 0 unspecified atom stereocenters. The van der Waals surface area contributed by atoms with E-state index >= 15 is 0 Å². The summed E-state index contributed by atoms with van der Waals surface area (Å²) >= 11 is 1.51. The zero-order valence-corrected chi connectivity index (χ0v) is 19.6. The SMILES string of the molecule is COc1ccc(NC(=O)[C@@]2(C)CSc3ccccc3C(=O)N2Cc2ccccc2)c(OC)c1. The molecule has 3 aromatic carbocycles. The number of carbonyl (C=O) groups is 2. The van der Waals surface area contributed by atoms with Gasteiger partial charge >= 0.3 is 0 Å². The number of hydrogen-bond acceptors (Lipinski definition) is 5. The number of nitrogens with zero attached hydrogens (tertiary/aromatic N) is 1. The first-order chi connectivity index (χ1) is 16.0. The molecular weight excluding hydrogens is 436 g/mol. The average molecular weight is 463 g/mol. The Morgan fingerprint density at radius 2 is 1.76 bits per heavy atom. The fraction of sp³-hybridized carbons (Fsp3) is 0.231. The lowest BCUT2D eigenvalue weighted by Crippen LogP contribution is -2.57. The Bertz CT molecular complexity index is 1170. The van der Waals surface area contributed by atoms with Crippen molar-refractivity contribution in [3.8, 4) is 11.5 Å². The van der Waals surface area contributed by atoms with Crippen molar-refractivity contribution in [2.45, 2.75) is 23.9 Å². The molecule has 0 radical (unpaired) electrons. The number of anilines is 1. The summed E-state index contributed by atoms with van der Waals surface area (Å²) in [7, 11) is 3.11. The van der Waals surface area contributed by atoms with Crippen LogP contribution in [-0.4, -0.2) is 42.2 Å². The van der Waals surface area contributed by atoms with Crippen LogP contribution in [-0.2, 0) is 11.3 Å². The van der Waals surface area contributed by atoms with E-state index in [-0.39, 0.29) is 11.8 Å². The lowest BCUT2D eigenvalue weighted by Gasteiger charge is -2.38. The first-order valence-electron chi connectivity index (χ1n) is 10.6. The van der Waals surface area contributed by atoms with Crippen LogP contribution in [0.2, 0.25) is 0 Å². The number of methoxy groups -OCH3 is 2. The molecule has 170 valence electrons. The monoisotopic (exact) mass is 462 g/mol. The van der Waals surface area contributed by atoms with Gasteiger partial charge in [0, 0.05) is 23.3 Å². The number of ether oxygens (including phenoxy) is 2. The van der Waals surface area contributed by atoms with Crippen LogP contribution in [0.15, 0.2) is 77.7 Å². The van der Waals surface area contributed by atoms with Crippen LogP contribution in [0.1, 0.15) is 22.8 Å². The van der Waals surface area contributed by atoms with Gasteiger partial charge in [0.2, 0.25) is 0 Å². The molecule has 0 saturated heterocycles. The normalized spacial score (nSPS) is 17.7. The number of amides is 2. The highest BCUT2D eigenvalue weighted by Gasteiger charge is 2.45. The van der Waals surface area contributed by atoms with Crippen molar-refractivity contribution in [3.05, 3.63) is 83.9 Å². The van der Waals surface area contributed by atoms with Gasteiger partial charge in [-0.25, -0.2) is 0 Å². The second-order valence-electron chi connectivity index (χ2n) is 7.96. The maximum atomic E-state index is 13.8. The molecule has 2 amide bonds. The lowest BCUT2D eigenvalue weighted by atomic mass is 9.98. The van der Waals surface area contributed by atoms with E-state index in [1.807, 2.05) is 61.5 Å². The first-order valence-corrected chi connectivity index (χ1v) is 11.6. The Hall–Kier alpha value is -3.45. The first kappa shape index (κ1) is 22.7. The van der Waals surface area contributed by atoms with E-state index in [2.05, 4.69) is 5.32 Å². The zero-order chi connectivity index (χ0) is 23.4. The summed E-state index contributed by atoms with van der Waals surface area (Å²) in [6, 6.07) is 22.4. The molecule has 0 bridgehead atoms. The number of thioether (sulfide) groups is 1. The summed E-state index contributed by atoms with van der Waals surface area (Å²) in [5.41, 5.74) is 0.971. The number of benzene rings is 3. The molecule has 1 heterocycles. The van der Waals surface area contributed by atoms with E-state index in [1.54, 1.807) is 30.2 Å². The molecule has 3 aromatic rings. The zero-order valence-electron chi connectivity index (χ0n) is 18.8. The number of nitrogens with one attached hydrogen (secondary N) is 1. The third-order valence-corrected chi connectivity index (χ3v) is 7.17. The van der Waals surface area contributed by atoms with Crippen molar-refractivity contribution >= 4 is 29.3 Å². The quantitative estimate of drug-likeness (QED) is 0.567. The third kappa shape index (κ3) is 4.54. The van der Waals surface area contributed by atoms with Crippen LogP contribution in [0.5, 0.6) is 11.5 Å². The highest BCUT2D eigenvalue weighted by molar-refractivity contribution is 7.99. The second kappa shape index (κ2) is 9.58. The molecule has 33 heavy (non-hydrogen) atoms. The van der Waals surface area contributed by atoms with Gasteiger partial charge in [0.15, 0.2) is 0 Å². The van der Waals surface area contributed by atoms with Gasteiger partial charge in [-0.1, -0.05) is 42.5 Å². The lowest BCUT2D eigenvalue weighted by molar-refractivity contribution is -0.125. The van der Waals surface area contributed by atoms with Crippen molar-refractivity contribution in [2.75, 3.05) is 25.3 Å². The molecule has 4 rings (SSSR count). The van der Waals surface area contributed by atoms with Gasteiger partial charge in [-0.15, -0.1) is 11.8 Å². The van der Waals surface area contributed by atoms with Crippen LogP contribution in [0.3, 0.4) is 0 Å². The predicted molar refractivity (Wildman–Crippen MR) is 130 cm³/mol. The maximum Gasteiger partial charge on any atom is 0.256 e. The van der Waals surface area contributed by atoms with Gasteiger partial charge in [0.05, 0.1) is 25.5 Å². The minimum atomic E-state index is -1.11. The molecule has 1 aliphatic rings. The Kier molecular flexibility index (Phi) is 6.60. The molecule has 0 saturated carbocycles. The Balaban J connectivity index is 1.72. The topological polar surface area (TPSA) is 67.9 Å². The number of hydrogen-bond donors (Lipinski definition) is 1. The third-order valence-electron chi connectivity index (χ3n) is 5.80. The predicted octanol–water partition coefficient (Wildman–Crippen LogP) is 4.85. The summed E-state index contributed by atoms with van der Waals surface area (Å²) < 4.78 is 10.7. The average Bonchev–Trinajstić information content (AvgIpc) is 2.96. The molecular formula is C26H26N2O4S. The summed E-state index contributed by atoms with van der Waals surface area (Å²) in [6.07, 6.45) is 0. The highest BCUT2D eigenvalue weighted by Crippen LogP contribution is 2.37. The van der Waals surface area contributed by atoms with Gasteiger partial charge in [0.25, 0.3) is 11.8 Å². The Labute approximate surface area is 197 Å². The smallest absolute Gasteiger partial charge is 0.256 e. The molecule has 7 heteroatoms. The van der Waals surface area contributed by atoms with Crippen LogP contribution in [0.4, 0.5) is 5.69 Å². The summed E-state index contributed by atoms with van der Waals surface area (Å²) in [4.78, 5) is 30.0. The van der Waals surface area contributed by atoms with Gasteiger partial charge in [-0.3, -0.25) is 9.59 Å². The van der Waals surface area contributed by atoms with Crippen molar-refractivity contribution in [3.63, 3.8) is 0 Å². The largest absolute Gasteiger partial charge is 0.497 e. The van der Waals surface area contributed by atoms with Crippen LogP contribution >= 0.6 is 11.8 Å². The molecule has 1 N–H and O–H groups in total. The maximum absolute atomic E-state index is 13.8. The Morgan fingerprint density at radius 3 is 2.48 bits per heavy atom. The fourth-order valence-electron chi connectivity index (χ4n) is 3.79. The fourth-order valence-corrected chi connectivity index (χ4v) is 5.00. The van der Waals surface area contributed by atoms with Gasteiger partial charge in [0.1, 0.15) is 17.0 Å². The summed E-state index contributed by atoms with van der Waals surface area (Å²) in [5, 5.41) is 2.99. The standard InChI is InChI=1S/C26H26N2O4S/c1-26(25(30)27-21-14-13-19(31-2)15-22(21)32-3)17-33-23-12-8-7-11-20(23)24(29)28(26)16-18-9-5-4-6-10-18/h4-15H,16-17H2,1-3H3,(H,27,30)/t26-/m1/s1. The minimum Gasteiger partial charge on any atom is -0.497 e. The van der Waals surface area contributed by atoms with Crippen molar-refractivity contribution in [1.82, 2.24) is 4.90 Å². The molecule has 0 aliphatic carbocycles. The highest BCUT2D eigenvalue weighted by atomic mass is 32.2. The molecule has 0 aromatic heterocycles. The van der Waals surface area contributed by atoms with E-state index in [1.165, 1.54) is 18.9 Å². The van der Waals surface area contributed by atoms with E-state index in [9.17, 15) is 9.59 Å². The molecule has 0 spiro atoms. The molecule has 6 nitrogen and oxygen atoms in total. The number of carbonyl (C=O) groups excluding carboxylic acids is 2. The van der Waals surface area contributed by atoms with E-state index in [0.29, 0.717) is 35.0 Å². The van der Waals surface area contributed by atoms with Gasteiger partial charge in [-0.05, 0) is 36.8 Å². The van der Waals surface area contributed by atoms with Crippen LogP contribution in [0, 0.1) is 0 Å². The molecule has 1 aliphatic heterocycles. The van der Waals surface area contributed by atoms with Crippen LogP contribution < -0.4 is 14.8 Å². The molecule has 1 atom stereocenters. The minimum absolute atomic E-state index is 0.168. The second-order valence-corrected chi connectivity index (χ2v) is 8.97. The number of rotatable bonds is 6. The van der Waals surface area contributed by atoms with Crippen molar-refractivity contribution < 1.29 is 19.1 Å². The summed E-state index contributed by atoms with van der Waals surface area (Å²) in [5.74, 6) is 1.07. The summed E-state index contributed by atoms with van der Waals surface area (Å²) in [6.45, 7) is 2.14.